The number of rotatable bonds is 3. The van der Waals surface area contributed by atoms with Gasteiger partial charge in [0.25, 0.3) is 0 Å². The van der Waals surface area contributed by atoms with Crippen LogP contribution in [0.3, 0.4) is 0 Å². The van der Waals surface area contributed by atoms with Crippen LogP contribution in [0.5, 0.6) is 0 Å². The van der Waals surface area contributed by atoms with E-state index in [1.165, 1.54) is 0 Å². The van der Waals surface area contributed by atoms with Gasteiger partial charge in [0.1, 0.15) is 0 Å². The van der Waals surface area contributed by atoms with Crippen molar-refractivity contribution in [2.24, 2.45) is 0 Å². The molecule has 1 aromatic heterocycles. The van der Waals surface area contributed by atoms with E-state index >= 15 is 0 Å². The quantitative estimate of drug-likeness (QED) is 0.873. The Morgan fingerprint density at radius 2 is 1.82 bits per heavy atom. The van der Waals surface area contributed by atoms with Gasteiger partial charge in [-0.2, -0.15) is 4.31 Å². The monoisotopic (exact) mass is 316 g/mol. The Morgan fingerprint density at radius 1 is 1.09 bits per heavy atom. The fourth-order valence-corrected chi connectivity index (χ4v) is 4.57. The van der Waals surface area contributed by atoms with Crippen LogP contribution in [0.2, 0.25) is 0 Å². The molecule has 0 spiro atoms. The molecule has 0 amide bonds. The third-order valence-electron chi connectivity index (χ3n) is 4.15. The van der Waals surface area contributed by atoms with Gasteiger partial charge in [-0.05, 0) is 50.5 Å². The van der Waals surface area contributed by atoms with Crippen molar-refractivity contribution in [2.75, 3.05) is 6.54 Å². The number of hydrogen-bond donors (Lipinski definition) is 0. The van der Waals surface area contributed by atoms with E-state index in [9.17, 15) is 8.42 Å². The maximum Gasteiger partial charge on any atom is 0.243 e. The number of aryl methyl sites for hydroxylation is 2. The SMILES string of the molecule is Cc1ccc(S(=O)(=O)N2CCC[C@H]2c2ccc(C)nc2)cc1. The van der Waals surface area contributed by atoms with Gasteiger partial charge in [-0.1, -0.05) is 23.8 Å². The first-order valence-electron chi connectivity index (χ1n) is 7.49. The van der Waals surface area contributed by atoms with Crippen LogP contribution >= 0.6 is 0 Å². The number of nitrogens with zero attached hydrogens (tertiary/aromatic N) is 2. The number of benzene rings is 1. The fraction of sp³-hybridized carbons (Fsp3) is 0.353. The molecule has 4 nitrogen and oxygen atoms in total. The van der Waals surface area contributed by atoms with Crippen molar-refractivity contribution in [1.82, 2.24) is 9.29 Å². The molecular weight excluding hydrogens is 296 g/mol. The molecule has 0 radical (unpaired) electrons. The summed E-state index contributed by atoms with van der Waals surface area (Å²) in [6, 6.07) is 10.9. The average molecular weight is 316 g/mol. The van der Waals surface area contributed by atoms with Gasteiger partial charge in [-0.25, -0.2) is 8.42 Å². The first-order chi connectivity index (χ1) is 10.5. The van der Waals surface area contributed by atoms with Crippen LogP contribution < -0.4 is 0 Å². The molecule has 2 heterocycles. The zero-order chi connectivity index (χ0) is 15.7. The normalized spacial score (nSPS) is 19.5. The Hall–Kier alpha value is -1.72. The van der Waals surface area contributed by atoms with Crippen LogP contribution in [0, 0.1) is 13.8 Å². The Bertz CT molecular complexity index is 752. The molecule has 2 aromatic rings. The largest absolute Gasteiger partial charge is 0.261 e. The molecule has 1 aliphatic rings. The summed E-state index contributed by atoms with van der Waals surface area (Å²) in [4.78, 5) is 4.67. The van der Waals surface area contributed by atoms with Crippen molar-refractivity contribution in [2.45, 2.75) is 37.6 Å². The molecule has 5 heteroatoms. The first kappa shape index (κ1) is 15.2. The molecule has 1 atom stereocenters. The van der Waals surface area contributed by atoms with E-state index in [4.69, 9.17) is 0 Å². The van der Waals surface area contributed by atoms with Gasteiger partial charge < -0.3 is 0 Å². The van der Waals surface area contributed by atoms with E-state index in [-0.39, 0.29) is 6.04 Å². The zero-order valence-corrected chi connectivity index (χ0v) is 13.7. The third-order valence-corrected chi connectivity index (χ3v) is 6.07. The summed E-state index contributed by atoms with van der Waals surface area (Å²) in [7, 11) is -3.46. The molecule has 0 bridgehead atoms. The molecule has 116 valence electrons. The highest BCUT2D eigenvalue weighted by molar-refractivity contribution is 7.89. The van der Waals surface area contributed by atoms with Crippen molar-refractivity contribution in [3.8, 4) is 0 Å². The van der Waals surface area contributed by atoms with Gasteiger partial charge in [0, 0.05) is 18.4 Å². The summed E-state index contributed by atoms with van der Waals surface area (Å²) in [5.74, 6) is 0. The summed E-state index contributed by atoms with van der Waals surface area (Å²) in [6.45, 7) is 4.45. The molecule has 0 saturated carbocycles. The van der Waals surface area contributed by atoms with E-state index in [0.717, 1.165) is 29.7 Å². The minimum atomic E-state index is -3.46. The molecule has 22 heavy (non-hydrogen) atoms. The van der Waals surface area contributed by atoms with E-state index in [1.54, 1.807) is 22.6 Å². The first-order valence-corrected chi connectivity index (χ1v) is 8.93. The second-order valence-corrected chi connectivity index (χ2v) is 7.71. The van der Waals surface area contributed by atoms with Crippen LogP contribution in [0.25, 0.3) is 0 Å². The van der Waals surface area contributed by atoms with Crippen molar-refractivity contribution in [3.05, 3.63) is 59.4 Å². The highest BCUT2D eigenvalue weighted by Gasteiger charge is 2.36. The van der Waals surface area contributed by atoms with Crippen molar-refractivity contribution >= 4 is 10.0 Å². The van der Waals surface area contributed by atoms with Gasteiger partial charge >= 0.3 is 0 Å². The van der Waals surface area contributed by atoms with Crippen LogP contribution in [0.1, 0.15) is 35.7 Å². The second kappa shape index (κ2) is 5.82. The fourth-order valence-electron chi connectivity index (χ4n) is 2.88. The molecule has 0 unspecified atom stereocenters. The molecule has 1 saturated heterocycles. The molecule has 1 aliphatic heterocycles. The topological polar surface area (TPSA) is 50.3 Å². The summed E-state index contributed by atoms with van der Waals surface area (Å²) >= 11 is 0. The van der Waals surface area contributed by atoms with E-state index < -0.39 is 10.0 Å². The van der Waals surface area contributed by atoms with Crippen LogP contribution in [-0.2, 0) is 10.0 Å². The van der Waals surface area contributed by atoms with Crippen LogP contribution in [0.4, 0.5) is 0 Å². The number of hydrogen-bond acceptors (Lipinski definition) is 3. The average Bonchev–Trinajstić information content (AvgIpc) is 2.99. The summed E-state index contributed by atoms with van der Waals surface area (Å²) in [6.07, 6.45) is 3.52. The van der Waals surface area contributed by atoms with Gasteiger partial charge in [0.2, 0.25) is 10.0 Å². The van der Waals surface area contributed by atoms with Crippen molar-refractivity contribution in [3.63, 3.8) is 0 Å². The lowest BCUT2D eigenvalue weighted by molar-refractivity contribution is 0.396. The molecular formula is C17H20N2O2S. The van der Waals surface area contributed by atoms with E-state index in [0.29, 0.717) is 11.4 Å². The Kier molecular flexibility index (Phi) is 4.02. The van der Waals surface area contributed by atoms with Gasteiger partial charge in [0.05, 0.1) is 10.9 Å². The van der Waals surface area contributed by atoms with E-state index in [2.05, 4.69) is 4.98 Å². The second-order valence-electron chi connectivity index (χ2n) is 5.82. The molecule has 0 aliphatic carbocycles. The number of aromatic nitrogens is 1. The van der Waals surface area contributed by atoms with Gasteiger partial charge in [-0.3, -0.25) is 4.98 Å². The smallest absolute Gasteiger partial charge is 0.243 e. The minimum absolute atomic E-state index is 0.112. The third kappa shape index (κ3) is 2.78. The summed E-state index contributed by atoms with van der Waals surface area (Å²) in [5, 5.41) is 0. The molecule has 1 aromatic carbocycles. The van der Waals surface area contributed by atoms with Gasteiger partial charge in [-0.15, -0.1) is 0 Å². The molecule has 1 fully saturated rings. The minimum Gasteiger partial charge on any atom is -0.261 e. The summed E-state index contributed by atoms with van der Waals surface area (Å²) in [5.41, 5.74) is 2.97. The predicted octanol–water partition coefficient (Wildman–Crippen LogP) is 3.22. The zero-order valence-electron chi connectivity index (χ0n) is 12.9. The lowest BCUT2D eigenvalue weighted by Gasteiger charge is -2.24. The highest BCUT2D eigenvalue weighted by Crippen LogP contribution is 2.36. The van der Waals surface area contributed by atoms with Crippen LogP contribution in [0.15, 0.2) is 47.5 Å². The van der Waals surface area contributed by atoms with Gasteiger partial charge in [0.15, 0.2) is 0 Å². The molecule has 3 rings (SSSR count). The highest BCUT2D eigenvalue weighted by atomic mass is 32.2. The maximum atomic E-state index is 12.9. The Morgan fingerprint density at radius 3 is 2.45 bits per heavy atom. The van der Waals surface area contributed by atoms with Crippen LogP contribution in [-0.4, -0.2) is 24.3 Å². The van der Waals surface area contributed by atoms with E-state index in [1.807, 2.05) is 38.1 Å². The lowest BCUT2D eigenvalue weighted by Crippen LogP contribution is -2.30. The van der Waals surface area contributed by atoms with Crippen molar-refractivity contribution in [1.29, 1.82) is 0 Å². The maximum absolute atomic E-state index is 12.9. The molecule has 0 N–H and O–H groups in total. The number of pyridine rings is 1. The summed E-state index contributed by atoms with van der Waals surface area (Å²) < 4.78 is 27.4. The Balaban J connectivity index is 1.95. The lowest BCUT2D eigenvalue weighted by atomic mass is 10.1. The van der Waals surface area contributed by atoms with Crippen molar-refractivity contribution < 1.29 is 8.42 Å². The Labute approximate surface area is 131 Å². The predicted molar refractivity (Wildman–Crippen MR) is 86.0 cm³/mol. The number of sulfonamides is 1. The standard InChI is InChI=1S/C17H20N2O2S/c1-13-5-9-16(10-6-13)22(20,21)19-11-3-4-17(19)15-8-7-14(2)18-12-15/h5-10,12,17H,3-4,11H2,1-2H3/t17-/m0/s1.